The van der Waals surface area contributed by atoms with Crippen LogP contribution in [0.2, 0.25) is 0 Å². The molecule has 0 N–H and O–H groups in total. The highest BCUT2D eigenvalue weighted by molar-refractivity contribution is 5.85. The maximum atomic E-state index is 10.8. The highest BCUT2D eigenvalue weighted by atomic mass is 16.5. The van der Waals surface area contributed by atoms with Gasteiger partial charge in [-0.25, -0.2) is 4.52 Å². The molecular formula is C13H15N3O2. The third-order valence-electron chi connectivity index (χ3n) is 3.24. The lowest BCUT2D eigenvalue weighted by molar-refractivity contribution is 0.0341. The van der Waals surface area contributed by atoms with E-state index in [9.17, 15) is 4.79 Å². The van der Waals surface area contributed by atoms with Crippen molar-refractivity contribution < 1.29 is 9.53 Å². The molecule has 3 rings (SSSR count). The largest absolute Gasteiger partial charge is 0.379 e. The summed E-state index contributed by atoms with van der Waals surface area (Å²) in [5, 5.41) is 4.19. The van der Waals surface area contributed by atoms with E-state index in [0.717, 1.165) is 44.7 Å². The van der Waals surface area contributed by atoms with Crippen molar-refractivity contribution in [2.75, 3.05) is 26.3 Å². The normalized spacial score (nSPS) is 17.1. The number of nitrogens with zero attached hydrogens (tertiary/aromatic N) is 3. The first-order valence-electron chi connectivity index (χ1n) is 6.08. The predicted octanol–water partition coefficient (Wildman–Crippen LogP) is 0.979. The van der Waals surface area contributed by atoms with Gasteiger partial charge in [0.25, 0.3) is 0 Å². The molecule has 0 spiro atoms. The molecule has 1 aliphatic rings. The molecule has 0 radical (unpaired) electrons. The molecule has 0 aliphatic carbocycles. The molecule has 94 valence electrons. The summed E-state index contributed by atoms with van der Waals surface area (Å²) in [6.45, 7) is 4.45. The van der Waals surface area contributed by atoms with E-state index in [2.05, 4.69) is 16.1 Å². The number of rotatable bonds is 3. The highest BCUT2D eigenvalue weighted by Gasteiger charge is 2.11. The van der Waals surface area contributed by atoms with Gasteiger partial charge in [0, 0.05) is 25.8 Å². The highest BCUT2D eigenvalue weighted by Crippen LogP contribution is 2.12. The van der Waals surface area contributed by atoms with Crippen LogP contribution >= 0.6 is 0 Å². The summed E-state index contributed by atoms with van der Waals surface area (Å²) in [5.41, 5.74) is 2.69. The van der Waals surface area contributed by atoms with Gasteiger partial charge in [0.15, 0.2) is 6.29 Å². The van der Waals surface area contributed by atoms with Gasteiger partial charge in [-0.1, -0.05) is 6.07 Å². The Bertz CT molecular complexity index is 558. The minimum atomic E-state index is 0.632. The standard InChI is InChI=1S/C13H15N3O2/c17-10-12-7-14-16-9-11(1-2-13(12)16)8-15-3-5-18-6-4-15/h1-2,7,9-10H,3-6,8H2. The van der Waals surface area contributed by atoms with Crippen LogP contribution < -0.4 is 0 Å². The fourth-order valence-electron chi connectivity index (χ4n) is 2.25. The molecule has 2 aromatic heterocycles. The zero-order chi connectivity index (χ0) is 12.4. The van der Waals surface area contributed by atoms with Crippen molar-refractivity contribution in [3.63, 3.8) is 0 Å². The number of hydrogen-bond acceptors (Lipinski definition) is 4. The maximum Gasteiger partial charge on any atom is 0.153 e. The second-order valence-corrected chi connectivity index (χ2v) is 4.47. The van der Waals surface area contributed by atoms with Crippen molar-refractivity contribution in [1.29, 1.82) is 0 Å². The summed E-state index contributed by atoms with van der Waals surface area (Å²) in [6.07, 6.45) is 4.42. The summed E-state index contributed by atoms with van der Waals surface area (Å²) in [5.74, 6) is 0. The van der Waals surface area contributed by atoms with E-state index < -0.39 is 0 Å². The molecule has 0 bridgehead atoms. The fourth-order valence-corrected chi connectivity index (χ4v) is 2.25. The molecule has 0 atom stereocenters. The van der Waals surface area contributed by atoms with E-state index in [1.54, 1.807) is 10.7 Å². The summed E-state index contributed by atoms with van der Waals surface area (Å²) in [7, 11) is 0. The number of carbonyl (C=O) groups excluding carboxylic acids is 1. The third kappa shape index (κ3) is 2.14. The minimum Gasteiger partial charge on any atom is -0.379 e. The van der Waals surface area contributed by atoms with Crippen LogP contribution in [-0.4, -0.2) is 47.1 Å². The molecule has 5 heteroatoms. The second-order valence-electron chi connectivity index (χ2n) is 4.47. The molecule has 18 heavy (non-hydrogen) atoms. The maximum absolute atomic E-state index is 10.8. The van der Waals surface area contributed by atoms with Gasteiger partial charge in [0.05, 0.1) is 30.5 Å². The van der Waals surface area contributed by atoms with Crippen LogP contribution in [0.5, 0.6) is 0 Å². The van der Waals surface area contributed by atoms with Crippen LogP contribution in [0.4, 0.5) is 0 Å². The average molecular weight is 245 g/mol. The topological polar surface area (TPSA) is 46.8 Å². The summed E-state index contributed by atoms with van der Waals surface area (Å²) >= 11 is 0. The zero-order valence-electron chi connectivity index (χ0n) is 10.1. The molecule has 1 fully saturated rings. The number of aldehydes is 1. The van der Waals surface area contributed by atoms with Gasteiger partial charge in [-0.15, -0.1) is 0 Å². The first-order valence-corrected chi connectivity index (χ1v) is 6.08. The first-order chi connectivity index (χ1) is 8.86. The Labute approximate surface area is 105 Å². The van der Waals surface area contributed by atoms with Gasteiger partial charge in [0.1, 0.15) is 0 Å². The van der Waals surface area contributed by atoms with Gasteiger partial charge in [0.2, 0.25) is 0 Å². The van der Waals surface area contributed by atoms with E-state index in [1.165, 1.54) is 5.56 Å². The van der Waals surface area contributed by atoms with Crippen LogP contribution in [0, 0.1) is 0 Å². The number of ether oxygens (including phenoxy) is 1. The quantitative estimate of drug-likeness (QED) is 0.756. The Hall–Kier alpha value is -1.72. The Morgan fingerprint density at radius 3 is 2.94 bits per heavy atom. The lowest BCUT2D eigenvalue weighted by atomic mass is 10.2. The Morgan fingerprint density at radius 1 is 1.33 bits per heavy atom. The summed E-state index contributed by atoms with van der Waals surface area (Å²) < 4.78 is 7.09. The first kappa shape index (κ1) is 11.4. The van der Waals surface area contributed by atoms with Crippen LogP contribution in [0.3, 0.4) is 0 Å². The molecular weight excluding hydrogens is 230 g/mol. The van der Waals surface area contributed by atoms with Crippen molar-refractivity contribution in [2.45, 2.75) is 6.54 Å². The SMILES string of the molecule is O=Cc1cnn2cc(CN3CCOCC3)ccc12. The van der Waals surface area contributed by atoms with Crippen LogP contribution in [0.15, 0.2) is 24.5 Å². The molecule has 2 aromatic rings. The number of hydrogen-bond donors (Lipinski definition) is 0. The number of fused-ring (bicyclic) bond motifs is 1. The number of pyridine rings is 1. The molecule has 3 heterocycles. The smallest absolute Gasteiger partial charge is 0.153 e. The molecule has 0 saturated carbocycles. The molecule has 1 saturated heterocycles. The Kier molecular flexibility index (Phi) is 3.08. The summed E-state index contributed by atoms with van der Waals surface area (Å²) in [4.78, 5) is 13.2. The van der Waals surface area contributed by atoms with Gasteiger partial charge in [-0.3, -0.25) is 9.69 Å². The number of morpholine rings is 1. The van der Waals surface area contributed by atoms with Gasteiger partial charge in [-0.05, 0) is 11.6 Å². The van der Waals surface area contributed by atoms with Gasteiger partial charge >= 0.3 is 0 Å². The second kappa shape index (κ2) is 4.88. The average Bonchev–Trinajstić information content (AvgIpc) is 2.82. The van der Waals surface area contributed by atoms with Gasteiger partial charge in [-0.2, -0.15) is 5.10 Å². The monoisotopic (exact) mass is 245 g/mol. The lowest BCUT2D eigenvalue weighted by Gasteiger charge is -2.26. The predicted molar refractivity (Wildman–Crippen MR) is 66.7 cm³/mol. The molecule has 5 nitrogen and oxygen atoms in total. The molecule has 0 aromatic carbocycles. The third-order valence-corrected chi connectivity index (χ3v) is 3.24. The number of carbonyl (C=O) groups is 1. The van der Waals surface area contributed by atoms with Crippen LogP contribution in [0.25, 0.3) is 5.52 Å². The van der Waals surface area contributed by atoms with E-state index >= 15 is 0 Å². The van der Waals surface area contributed by atoms with Crippen molar-refractivity contribution in [3.8, 4) is 0 Å². The van der Waals surface area contributed by atoms with Gasteiger partial charge < -0.3 is 4.74 Å². The Balaban J connectivity index is 1.82. The van der Waals surface area contributed by atoms with Crippen molar-refractivity contribution in [3.05, 3.63) is 35.7 Å². The minimum absolute atomic E-state index is 0.632. The fraction of sp³-hybridized carbons (Fsp3) is 0.385. The zero-order valence-corrected chi connectivity index (χ0v) is 10.1. The molecule has 1 aliphatic heterocycles. The van der Waals surface area contributed by atoms with Crippen molar-refractivity contribution in [2.24, 2.45) is 0 Å². The van der Waals surface area contributed by atoms with E-state index in [1.807, 2.05) is 12.3 Å². The van der Waals surface area contributed by atoms with E-state index in [0.29, 0.717) is 5.56 Å². The Morgan fingerprint density at radius 2 is 2.17 bits per heavy atom. The lowest BCUT2D eigenvalue weighted by Crippen LogP contribution is -2.35. The number of aromatic nitrogens is 2. The van der Waals surface area contributed by atoms with Crippen molar-refractivity contribution >= 4 is 11.8 Å². The van der Waals surface area contributed by atoms with E-state index in [4.69, 9.17) is 4.74 Å². The molecule has 0 unspecified atom stereocenters. The molecule has 0 amide bonds. The summed E-state index contributed by atoms with van der Waals surface area (Å²) in [6, 6.07) is 4.01. The van der Waals surface area contributed by atoms with Crippen molar-refractivity contribution in [1.82, 2.24) is 14.5 Å². The van der Waals surface area contributed by atoms with Crippen LogP contribution in [0.1, 0.15) is 15.9 Å². The van der Waals surface area contributed by atoms with E-state index in [-0.39, 0.29) is 0 Å². The van der Waals surface area contributed by atoms with Crippen LogP contribution in [-0.2, 0) is 11.3 Å².